The minimum Gasteiger partial charge on any atom is -0.345 e. The SMILES string of the molecule is CCC(NC(=O)c1ccc(CN2CCc3ccccc3C2)cc1)c1ccccc1. The monoisotopic (exact) mass is 384 g/mol. The van der Waals surface area contributed by atoms with Crippen molar-refractivity contribution in [2.45, 2.75) is 38.9 Å². The molecule has 1 unspecified atom stereocenters. The summed E-state index contributed by atoms with van der Waals surface area (Å²) in [6.45, 7) is 5.08. The normalized spacial score (nSPS) is 14.8. The summed E-state index contributed by atoms with van der Waals surface area (Å²) < 4.78 is 0. The smallest absolute Gasteiger partial charge is 0.251 e. The predicted octanol–water partition coefficient (Wildman–Crippen LogP) is 5.13. The second kappa shape index (κ2) is 9.06. The number of carbonyl (C=O) groups excluding carboxylic acids is 1. The first kappa shape index (κ1) is 19.4. The lowest BCUT2D eigenvalue weighted by atomic mass is 9.99. The molecule has 0 saturated carbocycles. The number of rotatable bonds is 6. The van der Waals surface area contributed by atoms with Crippen LogP contribution in [0.4, 0.5) is 0 Å². The maximum atomic E-state index is 12.7. The Balaban J connectivity index is 1.37. The van der Waals surface area contributed by atoms with E-state index in [2.05, 4.69) is 65.7 Å². The average molecular weight is 385 g/mol. The number of fused-ring (bicyclic) bond motifs is 1. The van der Waals surface area contributed by atoms with E-state index >= 15 is 0 Å². The molecule has 1 atom stereocenters. The van der Waals surface area contributed by atoms with Crippen LogP contribution in [0.2, 0.25) is 0 Å². The molecule has 0 spiro atoms. The van der Waals surface area contributed by atoms with E-state index < -0.39 is 0 Å². The van der Waals surface area contributed by atoms with E-state index in [1.54, 1.807) is 0 Å². The number of hydrogen-bond acceptors (Lipinski definition) is 2. The number of benzene rings is 3. The summed E-state index contributed by atoms with van der Waals surface area (Å²) in [6.07, 6.45) is 1.97. The van der Waals surface area contributed by atoms with Gasteiger partial charge >= 0.3 is 0 Å². The van der Waals surface area contributed by atoms with Crippen molar-refractivity contribution < 1.29 is 4.79 Å². The highest BCUT2D eigenvalue weighted by Crippen LogP contribution is 2.21. The zero-order chi connectivity index (χ0) is 20.1. The maximum absolute atomic E-state index is 12.7. The summed E-state index contributed by atoms with van der Waals surface area (Å²) in [5.41, 5.74) is 6.01. The summed E-state index contributed by atoms with van der Waals surface area (Å²) in [5.74, 6) is -0.0147. The van der Waals surface area contributed by atoms with E-state index in [0.29, 0.717) is 5.56 Å². The molecule has 4 rings (SSSR count). The molecule has 3 aromatic rings. The summed E-state index contributed by atoms with van der Waals surface area (Å²) in [5, 5.41) is 3.16. The zero-order valence-corrected chi connectivity index (χ0v) is 17.0. The van der Waals surface area contributed by atoms with Crippen molar-refractivity contribution in [1.29, 1.82) is 0 Å². The quantitative estimate of drug-likeness (QED) is 0.639. The van der Waals surface area contributed by atoms with Crippen molar-refractivity contribution in [3.8, 4) is 0 Å². The molecule has 148 valence electrons. The second-order valence-corrected chi connectivity index (χ2v) is 7.77. The zero-order valence-electron chi connectivity index (χ0n) is 17.0. The molecule has 3 heteroatoms. The highest BCUT2D eigenvalue weighted by atomic mass is 16.1. The molecule has 1 aliphatic heterocycles. The summed E-state index contributed by atoms with van der Waals surface area (Å²) >= 11 is 0. The Labute approximate surface area is 173 Å². The lowest BCUT2D eigenvalue weighted by Crippen LogP contribution is -2.30. The molecular weight excluding hydrogens is 356 g/mol. The van der Waals surface area contributed by atoms with Gasteiger partial charge in [0, 0.05) is 25.2 Å². The largest absolute Gasteiger partial charge is 0.345 e. The van der Waals surface area contributed by atoms with Gasteiger partial charge in [0.15, 0.2) is 0 Å². The van der Waals surface area contributed by atoms with Gasteiger partial charge in [0.2, 0.25) is 0 Å². The first-order chi connectivity index (χ1) is 14.2. The number of nitrogens with zero attached hydrogens (tertiary/aromatic N) is 1. The molecule has 0 aromatic heterocycles. The van der Waals surface area contributed by atoms with Crippen LogP contribution in [0.3, 0.4) is 0 Å². The van der Waals surface area contributed by atoms with E-state index in [4.69, 9.17) is 0 Å². The molecule has 1 aliphatic rings. The van der Waals surface area contributed by atoms with Gasteiger partial charge in [-0.3, -0.25) is 9.69 Å². The molecule has 1 amide bonds. The first-order valence-electron chi connectivity index (χ1n) is 10.5. The van der Waals surface area contributed by atoms with Gasteiger partial charge in [0.25, 0.3) is 5.91 Å². The summed E-state index contributed by atoms with van der Waals surface area (Å²) in [4.78, 5) is 15.2. The number of carbonyl (C=O) groups is 1. The van der Waals surface area contributed by atoms with Crippen molar-refractivity contribution in [2.24, 2.45) is 0 Å². The fourth-order valence-electron chi connectivity index (χ4n) is 4.06. The molecule has 0 saturated heterocycles. The fourth-order valence-corrected chi connectivity index (χ4v) is 4.06. The third-order valence-corrected chi connectivity index (χ3v) is 5.75. The Hall–Kier alpha value is -2.91. The van der Waals surface area contributed by atoms with Gasteiger partial charge in [-0.25, -0.2) is 0 Å². The Morgan fingerprint density at radius 3 is 2.34 bits per heavy atom. The van der Waals surface area contributed by atoms with Gasteiger partial charge in [0.05, 0.1) is 6.04 Å². The van der Waals surface area contributed by atoms with E-state index in [1.807, 2.05) is 30.3 Å². The van der Waals surface area contributed by atoms with Crippen LogP contribution in [-0.2, 0) is 19.5 Å². The standard InChI is InChI=1S/C26H28N2O/c1-2-25(22-9-4-3-5-10-22)27-26(29)23-14-12-20(13-15-23)18-28-17-16-21-8-6-7-11-24(21)19-28/h3-15,25H,2,16-19H2,1H3,(H,27,29). The topological polar surface area (TPSA) is 32.3 Å². The average Bonchev–Trinajstić information content (AvgIpc) is 2.78. The molecule has 0 fully saturated rings. The molecule has 3 nitrogen and oxygen atoms in total. The first-order valence-corrected chi connectivity index (χ1v) is 10.5. The highest BCUT2D eigenvalue weighted by molar-refractivity contribution is 5.94. The Bertz CT molecular complexity index is 950. The molecule has 0 bridgehead atoms. The lowest BCUT2D eigenvalue weighted by molar-refractivity contribution is 0.0935. The molecule has 29 heavy (non-hydrogen) atoms. The summed E-state index contributed by atoms with van der Waals surface area (Å²) in [7, 11) is 0. The minimum atomic E-state index is -0.0147. The fraction of sp³-hybridized carbons (Fsp3) is 0.269. The third kappa shape index (κ3) is 4.75. The second-order valence-electron chi connectivity index (χ2n) is 7.77. The Morgan fingerprint density at radius 2 is 1.62 bits per heavy atom. The van der Waals surface area contributed by atoms with Crippen molar-refractivity contribution in [3.05, 3.63) is 107 Å². The molecule has 0 radical (unpaired) electrons. The van der Waals surface area contributed by atoms with Crippen LogP contribution < -0.4 is 5.32 Å². The van der Waals surface area contributed by atoms with Crippen molar-refractivity contribution >= 4 is 5.91 Å². The van der Waals surface area contributed by atoms with E-state index in [0.717, 1.165) is 38.0 Å². The van der Waals surface area contributed by atoms with E-state index in [1.165, 1.54) is 16.7 Å². The lowest BCUT2D eigenvalue weighted by Gasteiger charge is -2.28. The molecular formula is C26H28N2O. The predicted molar refractivity (Wildman–Crippen MR) is 118 cm³/mol. The van der Waals surface area contributed by atoms with Crippen LogP contribution in [0.1, 0.15) is 52.0 Å². The maximum Gasteiger partial charge on any atom is 0.251 e. The Kier molecular flexibility index (Phi) is 6.06. The van der Waals surface area contributed by atoms with Gasteiger partial charge in [-0.05, 0) is 47.2 Å². The van der Waals surface area contributed by atoms with Gasteiger partial charge in [0.1, 0.15) is 0 Å². The van der Waals surface area contributed by atoms with Crippen LogP contribution in [0, 0.1) is 0 Å². The number of amides is 1. The van der Waals surface area contributed by atoms with Gasteiger partial charge in [-0.2, -0.15) is 0 Å². The molecule has 3 aromatic carbocycles. The van der Waals surface area contributed by atoms with Crippen molar-refractivity contribution in [3.63, 3.8) is 0 Å². The van der Waals surface area contributed by atoms with Crippen LogP contribution in [0.15, 0.2) is 78.9 Å². The van der Waals surface area contributed by atoms with E-state index in [-0.39, 0.29) is 11.9 Å². The molecule has 1 N–H and O–H groups in total. The number of nitrogens with one attached hydrogen (secondary N) is 1. The number of hydrogen-bond donors (Lipinski definition) is 1. The Morgan fingerprint density at radius 1 is 0.931 bits per heavy atom. The highest BCUT2D eigenvalue weighted by Gasteiger charge is 2.17. The van der Waals surface area contributed by atoms with Crippen LogP contribution in [0.5, 0.6) is 0 Å². The van der Waals surface area contributed by atoms with Crippen LogP contribution in [-0.4, -0.2) is 17.4 Å². The van der Waals surface area contributed by atoms with Gasteiger partial charge in [-0.15, -0.1) is 0 Å². The van der Waals surface area contributed by atoms with Crippen LogP contribution >= 0.6 is 0 Å². The van der Waals surface area contributed by atoms with Crippen LogP contribution in [0.25, 0.3) is 0 Å². The summed E-state index contributed by atoms with van der Waals surface area (Å²) in [6, 6.07) is 26.9. The van der Waals surface area contributed by atoms with Gasteiger partial charge < -0.3 is 5.32 Å². The van der Waals surface area contributed by atoms with Gasteiger partial charge in [-0.1, -0.05) is 73.7 Å². The van der Waals surface area contributed by atoms with Crippen molar-refractivity contribution in [1.82, 2.24) is 10.2 Å². The van der Waals surface area contributed by atoms with E-state index in [9.17, 15) is 4.79 Å². The molecule has 1 heterocycles. The van der Waals surface area contributed by atoms with Crippen molar-refractivity contribution in [2.75, 3.05) is 6.54 Å². The third-order valence-electron chi connectivity index (χ3n) is 5.75. The minimum absolute atomic E-state index is 0.0147. The molecule has 0 aliphatic carbocycles.